The molecule has 0 atom stereocenters. The van der Waals surface area contributed by atoms with Crippen molar-refractivity contribution in [2.45, 2.75) is 19.1 Å². The second-order valence-corrected chi connectivity index (χ2v) is 9.26. The van der Waals surface area contributed by atoms with Crippen molar-refractivity contribution in [1.82, 2.24) is 14.7 Å². The van der Waals surface area contributed by atoms with Crippen molar-refractivity contribution >= 4 is 17.5 Å². The van der Waals surface area contributed by atoms with Gasteiger partial charge < -0.3 is 10.4 Å². The number of amides is 1. The Morgan fingerprint density at radius 3 is 2.15 bits per heavy atom. The van der Waals surface area contributed by atoms with Crippen LogP contribution in [0.4, 0.5) is 22.0 Å². The lowest BCUT2D eigenvalue weighted by molar-refractivity contribution is -0.137. The molecule has 0 aliphatic heterocycles. The molecule has 41 heavy (non-hydrogen) atoms. The standard InChI is InChI=1S/C30H20F5N3O3/c31-24-10-7-20(12-25(24)32)21-13-26(28(39)37-15-18-1-5-19(6-2-18)29(40)41)38-23(16-36-27(38)14-21)11-17-3-8-22(9-4-17)30(33,34)35/h1-10,12-14,16H,11,15H2,(H,37,39)(H,40,41). The number of rotatable bonds is 7. The molecule has 2 heterocycles. The quantitative estimate of drug-likeness (QED) is 0.220. The number of aromatic nitrogens is 2. The molecule has 0 fully saturated rings. The average Bonchev–Trinajstić information content (AvgIpc) is 3.35. The van der Waals surface area contributed by atoms with E-state index in [1.54, 1.807) is 22.6 Å². The van der Waals surface area contributed by atoms with Gasteiger partial charge in [-0.3, -0.25) is 9.20 Å². The predicted octanol–water partition coefficient (Wildman–Crippen LogP) is 6.52. The normalized spacial score (nSPS) is 11.5. The molecule has 11 heteroatoms. The highest BCUT2D eigenvalue weighted by Gasteiger charge is 2.30. The van der Waals surface area contributed by atoms with E-state index in [0.29, 0.717) is 33.6 Å². The van der Waals surface area contributed by atoms with E-state index in [-0.39, 0.29) is 24.2 Å². The van der Waals surface area contributed by atoms with Gasteiger partial charge in [0.25, 0.3) is 5.91 Å². The summed E-state index contributed by atoms with van der Waals surface area (Å²) in [6.07, 6.45) is -2.83. The van der Waals surface area contributed by atoms with E-state index < -0.39 is 35.3 Å². The number of nitrogens with zero attached hydrogens (tertiary/aromatic N) is 2. The smallest absolute Gasteiger partial charge is 0.416 e. The van der Waals surface area contributed by atoms with Crippen molar-refractivity contribution in [1.29, 1.82) is 0 Å². The summed E-state index contributed by atoms with van der Waals surface area (Å²) in [5.74, 6) is -3.73. The third-order valence-electron chi connectivity index (χ3n) is 6.49. The maximum atomic E-state index is 14.0. The first-order valence-corrected chi connectivity index (χ1v) is 12.2. The molecule has 0 saturated heterocycles. The van der Waals surface area contributed by atoms with Crippen LogP contribution in [0.3, 0.4) is 0 Å². The van der Waals surface area contributed by atoms with E-state index >= 15 is 0 Å². The van der Waals surface area contributed by atoms with Crippen LogP contribution in [0.1, 0.15) is 43.2 Å². The van der Waals surface area contributed by atoms with E-state index in [9.17, 15) is 31.5 Å². The molecule has 0 aliphatic rings. The van der Waals surface area contributed by atoms with Crippen LogP contribution in [0.15, 0.2) is 85.1 Å². The van der Waals surface area contributed by atoms with E-state index in [2.05, 4.69) is 10.3 Å². The van der Waals surface area contributed by atoms with Gasteiger partial charge in [-0.1, -0.05) is 30.3 Å². The van der Waals surface area contributed by atoms with Crippen LogP contribution in [0.5, 0.6) is 0 Å². The fourth-order valence-electron chi connectivity index (χ4n) is 4.37. The lowest BCUT2D eigenvalue weighted by Gasteiger charge is -2.13. The van der Waals surface area contributed by atoms with Gasteiger partial charge in [-0.2, -0.15) is 13.2 Å². The van der Waals surface area contributed by atoms with E-state index in [0.717, 1.165) is 24.3 Å². The number of carboxylic acids is 1. The summed E-state index contributed by atoms with van der Waals surface area (Å²) in [7, 11) is 0. The summed E-state index contributed by atoms with van der Waals surface area (Å²) in [4.78, 5) is 28.9. The van der Waals surface area contributed by atoms with Gasteiger partial charge >= 0.3 is 12.1 Å². The number of benzene rings is 3. The van der Waals surface area contributed by atoms with Gasteiger partial charge in [-0.15, -0.1) is 0 Å². The summed E-state index contributed by atoms with van der Waals surface area (Å²) >= 11 is 0. The maximum absolute atomic E-state index is 14.0. The molecule has 5 rings (SSSR count). The fourth-order valence-corrected chi connectivity index (χ4v) is 4.37. The van der Waals surface area contributed by atoms with Crippen molar-refractivity contribution in [2.24, 2.45) is 0 Å². The van der Waals surface area contributed by atoms with Gasteiger partial charge in [0.2, 0.25) is 0 Å². The average molecular weight is 565 g/mol. The van der Waals surface area contributed by atoms with Gasteiger partial charge in [0.15, 0.2) is 11.6 Å². The number of hydrogen-bond donors (Lipinski definition) is 2. The van der Waals surface area contributed by atoms with E-state index in [1.165, 1.54) is 42.6 Å². The van der Waals surface area contributed by atoms with Crippen LogP contribution in [0.2, 0.25) is 0 Å². The summed E-state index contributed by atoms with van der Waals surface area (Å²) < 4.78 is 68.1. The zero-order chi connectivity index (χ0) is 29.3. The Balaban J connectivity index is 1.51. The topological polar surface area (TPSA) is 83.7 Å². The van der Waals surface area contributed by atoms with Crippen LogP contribution in [-0.2, 0) is 19.1 Å². The Labute approximate surface area is 229 Å². The van der Waals surface area contributed by atoms with Gasteiger partial charge in [-0.05, 0) is 70.8 Å². The first kappa shape index (κ1) is 27.5. The molecule has 1 amide bonds. The molecule has 2 aromatic heterocycles. The van der Waals surface area contributed by atoms with Crippen molar-refractivity contribution < 1.29 is 36.6 Å². The van der Waals surface area contributed by atoms with Crippen molar-refractivity contribution in [3.63, 3.8) is 0 Å². The predicted molar refractivity (Wildman–Crippen MR) is 139 cm³/mol. The Kier molecular flexibility index (Phi) is 7.27. The third kappa shape index (κ3) is 5.93. The summed E-state index contributed by atoms with van der Waals surface area (Å²) in [6.45, 7) is 0.0541. The molecular formula is C30H20F5N3O3. The Bertz CT molecular complexity index is 1760. The highest BCUT2D eigenvalue weighted by Crippen LogP contribution is 2.30. The molecular weight excluding hydrogens is 545 g/mol. The van der Waals surface area contributed by atoms with Gasteiger partial charge in [0.1, 0.15) is 11.3 Å². The lowest BCUT2D eigenvalue weighted by atomic mass is 10.0. The molecule has 5 aromatic rings. The Morgan fingerprint density at radius 1 is 0.829 bits per heavy atom. The van der Waals surface area contributed by atoms with Crippen LogP contribution >= 0.6 is 0 Å². The number of pyridine rings is 1. The van der Waals surface area contributed by atoms with Gasteiger partial charge in [-0.25, -0.2) is 18.6 Å². The monoisotopic (exact) mass is 565 g/mol. The minimum Gasteiger partial charge on any atom is -0.478 e. The van der Waals surface area contributed by atoms with E-state index in [4.69, 9.17) is 5.11 Å². The minimum absolute atomic E-state index is 0.0541. The van der Waals surface area contributed by atoms with Crippen LogP contribution in [0.25, 0.3) is 16.8 Å². The zero-order valence-corrected chi connectivity index (χ0v) is 21.0. The number of fused-ring (bicyclic) bond motifs is 1. The van der Waals surface area contributed by atoms with Gasteiger partial charge in [0, 0.05) is 24.9 Å². The molecule has 0 radical (unpaired) electrons. The van der Waals surface area contributed by atoms with Crippen molar-refractivity contribution in [3.8, 4) is 11.1 Å². The zero-order valence-electron chi connectivity index (χ0n) is 21.0. The molecule has 0 aliphatic carbocycles. The molecule has 3 aromatic carbocycles. The molecule has 0 saturated carbocycles. The highest BCUT2D eigenvalue weighted by atomic mass is 19.4. The number of halogens is 5. The summed E-state index contributed by atoms with van der Waals surface area (Å²) in [5, 5.41) is 11.8. The first-order valence-electron chi connectivity index (χ1n) is 12.2. The number of hydrogen-bond acceptors (Lipinski definition) is 3. The number of imidazole rings is 1. The minimum atomic E-state index is -4.47. The summed E-state index contributed by atoms with van der Waals surface area (Å²) in [5.41, 5.74) is 2.10. The highest BCUT2D eigenvalue weighted by molar-refractivity contribution is 5.95. The van der Waals surface area contributed by atoms with Crippen LogP contribution in [-0.4, -0.2) is 26.4 Å². The molecule has 0 spiro atoms. The number of carbonyl (C=O) groups excluding carboxylic acids is 1. The SMILES string of the molecule is O=C(O)c1ccc(CNC(=O)c2cc(-c3ccc(F)c(F)c3)cc3ncc(Cc4ccc(C(F)(F)F)cc4)n23)cc1. The van der Waals surface area contributed by atoms with Crippen LogP contribution in [0, 0.1) is 11.6 Å². The molecule has 0 unspecified atom stereocenters. The van der Waals surface area contributed by atoms with E-state index in [1.807, 2.05) is 0 Å². The van der Waals surface area contributed by atoms with Crippen molar-refractivity contribution in [3.05, 3.63) is 130 Å². The third-order valence-corrected chi connectivity index (χ3v) is 6.49. The summed E-state index contributed by atoms with van der Waals surface area (Å²) in [6, 6.07) is 17.0. The number of carbonyl (C=O) groups is 2. The maximum Gasteiger partial charge on any atom is 0.416 e. The number of nitrogens with one attached hydrogen (secondary N) is 1. The molecule has 0 bridgehead atoms. The number of alkyl halides is 3. The largest absolute Gasteiger partial charge is 0.478 e. The molecule has 6 nitrogen and oxygen atoms in total. The van der Waals surface area contributed by atoms with Gasteiger partial charge in [0.05, 0.1) is 11.1 Å². The van der Waals surface area contributed by atoms with Crippen molar-refractivity contribution in [2.75, 3.05) is 0 Å². The number of carboxylic acid groups (broad SMARTS) is 1. The molecule has 208 valence electrons. The Hall–Kier alpha value is -5.06. The fraction of sp³-hybridized carbons (Fsp3) is 0.100. The first-order chi connectivity index (χ1) is 19.5. The molecule has 2 N–H and O–H groups in total. The second kappa shape index (κ2) is 10.8. The lowest BCUT2D eigenvalue weighted by Crippen LogP contribution is -2.25. The number of aromatic carboxylic acids is 1. The Morgan fingerprint density at radius 2 is 1.51 bits per heavy atom. The second-order valence-electron chi connectivity index (χ2n) is 9.26. The van der Waals surface area contributed by atoms with Crippen LogP contribution < -0.4 is 5.32 Å².